The molecule has 0 aromatic heterocycles. The molecule has 4 N–H and O–H groups in total. The topological polar surface area (TPSA) is 101 Å². The molecule has 1 saturated heterocycles. The third-order valence-electron chi connectivity index (χ3n) is 6.25. The van der Waals surface area contributed by atoms with Crippen molar-refractivity contribution in [2.45, 2.75) is 58.0 Å². The molecule has 1 aromatic carbocycles. The quantitative estimate of drug-likeness (QED) is 0.496. The summed E-state index contributed by atoms with van der Waals surface area (Å²) in [6.07, 6.45) is 3.52. The van der Waals surface area contributed by atoms with Gasteiger partial charge in [-0.3, -0.25) is 9.59 Å². The lowest BCUT2D eigenvalue weighted by Crippen LogP contribution is -2.48. The van der Waals surface area contributed by atoms with E-state index in [4.69, 9.17) is 21.1 Å². The van der Waals surface area contributed by atoms with E-state index < -0.39 is 6.04 Å². The molecular weight excluding hydrogens is 468 g/mol. The summed E-state index contributed by atoms with van der Waals surface area (Å²) in [7, 11) is 0. The second-order valence-electron chi connectivity index (χ2n) is 9.08. The second kappa shape index (κ2) is 17.7. The highest BCUT2D eigenvalue weighted by atomic mass is 35.5. The van der Waals surface area contributed by atoms with E-state index in [2.05, 4.69) is 35.1 Å². The van der Waals surface area contributed by atoms with Crippen molar-refractivity contribution in [3.8, 4) is 0 Å². The summed E-state index contributed by atoms with van der Waals surface area (Å²) in [5.41, 5.74) is 0.894. The molecule has 0 radical (unpaired) electrons. The van der Waals surface area contributed by atoms with Crippen LogP contribution in [0.4, 0.5) is 0 Å². The van der Waals surface area contributed by atoms with E-state index in [1.54, 1.807) is 6.07 Å². The van der Waals surface area contributed by atoms with Gasteiger partial charge in [-0.15, -0.1) is 0 Å². The van der Waals surface area contributed by atoms with Gasteiger partial charge in [0.05, 0.1) is 26.4 Å². The van der Waals surface area contributed by atoms with E-state index in [9.17, 15) is 9.59 Å². The summed E-state index contributed by atoms with van der Waals surface area (Å²) in [6.45, 7) is 9.34. The largest absolute Gasteiger partial charge is 0.378 e. The lowest BCUT2D eigenvalue weighted by molar-refractivity contribution is -0.129. The number of nitrogens with one attached hydrogen (secondary N) is 4. The molecule has 1 aliphatic rings. The lowest BCUT2D eigenvalue weighted by Gasteiger charge is -2.25. The second-order valence-corrected chi connectivity index (χ2v) is 9.51. The van der Waals surface area contributed by atoms with Gasteiger partial charge in [0, 0.05) is 43.5 Å². The molecule has 2 rings (SSSR count). The molecule has 3 atom stereocenters. The van der Waals surface area contributed by atoms with Crippen molar-refractivity contribution in [3.63, 3.8) is 0 Å². The monoisotopic (exact) mass is 510 g/mol. The van der Waals surface area contributed by atoms with Crippen LogP contribution in [0.5, 0.6) is 0 Å². The highest BCUT2D eigenvalue weighted by Crippen LogP contribution is 2.13. The Morgan fingerprint density at radius 2 is 1.83 bits per heavy atom. The Balaban J connectivity index is 1.93. The Kier molecular flexibility index (Phi) is 14.9. The van der Waals surface area contributed by atoms with Crippen molar-refractivity contribution in [3.05, 3.63) is 34.9 Å². The first-order valence-electron chi connectivity index (χ1n) is 12.9. The van der Waals surface area contributed by atoms with Gasteiger partial charge in [-0.05, 0) is 43.0 Å². The van der Waals surface area contributed by atoms with Gasteiger partial charge < -0.3 is 30.7 Å². The van der Waals surface area contributed by atoms with Gasteiger partial charge in [0.15, 0.2) is 0 Å². The molecule has 1 unspecified atom stereocenters. The van der Waals surface area contributed by atoms with E-state index in [1.165, 1.54) is 0 Å². The van der Waals surface area contributed by atoms with Crippen molar-refractivity contribution in [1.29, 1.82) is 0 Å². The molecule has 1 heterocycles. The first-order valence-corrected chi connectivity index (χ1v) is 13.3. The first-order chi connectivity index (χ1) is 17.0. The maximum atomic E-state index is 12.8. The van der Waals surface area contributed by atoms with Crippen molar-refractivity contribution in [1.82, 2.24) is 21.3 Å². The molecule has 0 aliphatic carbocycles. The highest BCUT2D eigenvalue weighted by Gasteiger charge is 2.21. The van der Waals surface area contributed by atoms with Crippen LogP contribution in [0.15, 0.2) is 24.3 Å². The van der Waals surface area contributed by atoms with Crippen molar-refractivity contribution in [2.24, 2.45) is 5.92 Å². The summed E-state index contributed by atoms with van der Waals surface area (Å²) in [4.78, 5) is 25.4. The van der Waals surface area contributed by atoms with E-state index in [0.29, 0.717) is 62.8 Å². The molecule has 8 nitrogen and oxygen atoms in total. The molecule has 0 bridgehead atoms. The van der Waals surface area contributed by atoms with Gasteiger partial charge >= 0.3 is 0 Å². The summed E-state index contributed by atoms with van der Waals surface area (Å²) in [6, 6.07) is 7.06. The first kappa shape index (κ1) is 29.5. The van der Waals surface area contributed by atoms with E-state index in [0.717, 1.165) is 44.5 Å². The number of carbonyl (C=O) groups excluding carboxylic acids is 2. The molecular formula is C26H43ClN4O4. The normalized spacial score (nSPS) is 24.0. The van der Waals surface area contributed by atoms with Crippen LogP contribution in [0.25, 0.3) is 0 Å². The van der Waals surface area contributed by atoms with Crippen LogP contribution in [0.2, 0.25) is 5.02 Å². The molecule has 0 spiro atoms. The van der Waals surface area contributed by atoms with E-state index >= 15 is 0 Å². The zero-order chi connectivity index (χ0) is 25.3. The van der Waals surface area contributed by atoms with Crippen LogP contribution in [0.1, 0.15) is 45.1 Å². The third-order valence-corrected chi connectivity index (χ3v) is 6.49. The fraction of sp³-hybridized carbons (Fsp3) is 0.692. The van der Waals surface area contributed by atoms with E-state index in [1.807, 2.05) is 18.2 Å². The zero-order valence-corrected chi connectivity index (χ0v) is 22.0. The van der Waals surface area contributed by atoms with E-state index in [-0.39, 0.29) is 11.8 Å². The smallest absolute Gasteiger partial charge is 0.243 e. The number of benzene rings is 1. The molecule has 1 aromatic rings. The standard InChI is InChI=1S/C26H43ClN4O4/c1-3-20(2)24-19-28-10-5-4-9-25(32)31-23(18-21-7-6-8-22(27)17-21)26(33)30-12-14-35-16-15-34-13-11-29-24/h6-8,17,20,23-24,28-29H,3-5,9-16,18-19H2,1-2H3,(H,30,33)(H,31,32)/t20?,23-,24+/m0/s1. The minimum absolute atomic E-state index is 0.120. The molecule has 198 valence electrons. The predicted molar refractivity (Wildman–Crippen MR) is 140 cm³/mol. The van der Waals surface area contributed by atoms with Crippen LogP contribution in [-0.4, -0.2) is 76.5 Å². The number of amides is 2. The Hall–Kier alpha value is -1.71. The molecule has 1 fully saturated rings. The Labute approximate surface area is 215 Å². The van der Waals surface area contributed by atoms with Crippen LogP contribution < -0.4 is 21.3 Å². The van der Waals surface area contributed by atoms with Crippen molar-refractivity contribution in [2.75, 3.05) is 52.6 Å². The van der Waals surface area contributed by atoms with Gasteiger partial charge in [-0.25, -0.2) is 0 Å². The summed E-state index contributed by atoms with van der Waals surface area (Å²) >= 11 is 6.10. The number of rotatable bonds is 4. The number of hydrogen-bond donors (Lipinski definition) is 4. The minimum atomic E-state index is -0.668. The maximum absolute atomic E-state index is 12.8. The van der Waals surface area contributed by atoms with Crippen LogP contribution in [-0.2, 0) is 25.5 Å². The van der Waals surface area contributed by atoms with Gasteiger partial charge in [-0.1, -0.05) is 44.0 Å². The van der Waals surface area contributed by atoms with Gasteiger partial charge in [0.1, 0.15) is 6.04 Å². The van der Waals surface area contributed by atoms with Crippen molar-refractivity contribution >= 4 is 23.4 Å². The third kappa shape index (κ3) is 12.7. The van der Waals surface area contributed by atoms with Gasteiger partial charge in [0.25, 0.3) is 0 Å². The Morgan fingerprint density at radius 1 is 1.06 bits per heavy atom. The number of halogens is 1. The molecule has 2 amide bonds. The summed E-state index contributed by atoms with van der Waals surface area (Å²) < 4.78 is 11.2. The summed E-state index contributed by atoms with van der Waals surface area (Å²) in [5.74, 6) is 0.207. The average molecular weight is 511 g/mol. The zero-order valence-electron chi connectivity index (χ0n) is 21.2. The Morgan fingerprint density at radius 3 is 2.57 bits per heavy atom. The van der Waals surface area contributed by atoms with Gasteiger partial charge in [-0.2, -0.15) is 0 Å². The average Bonchev–Trinajstić information content (AvgIpc) is 2.84. The van der Waals surface area contributed by atoms with Crippen molar-refractivity contribution < 1.29 is 19.1 Å². The fourth-order valence-electron chi connectivity index (χ4n) is 3.94. The lowest BCUT2D eigenvalue weighted by atomic mass is 9.99. The number of ether oxygens (including phenoxy) is 2. The Bertz CT molecular complexity index is 752. The summed E-state index contributed by atoms with van der Waals surface area (Å²) in [5, 5.41) is 13.5. The predicted octanol–water partition coefficient (Wildman–Crippen LogP) is 2.29. The highest BCUT2D eigenvalue weighted by molar-refractivity contribution is 6.30. The fourth-order valence-corrected chi connectivity index (χ4v) is 4.15. The molecule has 35 heavy (non-hydrogen) atoms. The maximum Gasteiger partial charge on any atom is 0.243 e. The SMILES string of the molecule is CCC(C)[C@H]1CNCCCCC(=O)N[C@@H](Cc2cccc(Cl)c2)C(=O)NCCOCCOCCN1. The molecule has 9 heteroatoms. The number of carbonyl (C=O) groups is 2. The minimum Gasteiger partial charge on any atom is -0.378 e. The molecule has 1 aliphatic heterocycles. The van der Waals surface area contributed by atoms with Crippen LogP contribution in [0, 0.1) is 5.92 Å². The van der Waals surface area contributed by atoms with Crippen LogP contribution >= 0.6 is 11.6 Å². The molecule has 0 saturated carbocycles. The van der Waals surface area contributed by atoms with Crippen LogP contribution in [0.3, 0.4) is 0 Å². The van der Waals surface area contributed by atoms with Gasteiger partial charge in [0.2, 0.25) is 11.8 Å². The number of hydrogen-bond acceptors (Lipinski definition) is 6.